The normalized spacial score (nSPS) is 13.4. The topological polar surface area (TPSA) is 23.9 Å². The minimum absolute atomic E-state index is 0.0420. The Bertz CT molecular complexity index is 4830. The number of ether oxygens (including phenoxy) is 1. The van der Waals surface area contributed by atoms with Crippen LogP contribution in [-0.4, -0.2) is 11.3 Å². The number of para-hydroxylation sites is 5. The van der Waals surface area contributed by atoms with Gasteiger partial charge in [0.1, 0.15) is 11.5 Å². The lowest BCUT2D eigenvalue weighted by Crippen LogP contribution is -2.59. The van der Waals surface area contributed by atoms with E-state index in [0.717, 1.165) is 68.2 Å². The molecule has 0 fully saturated rings. The van der Waals surface area contributed by atoms with Crippen molar-refractivity contribution in [2.24, 2.45) is 0 Å². The average Bonchev–Trinajstić information content (AvgIpc) is 2.61. The molecule has 2 aliphatic heterocycles. The van der Waals surface area contributed by atoms with E-state index in [4.69, 9.17) is 4.74 Å². The van der Waals surface area contributed by atoms with Crippen LogP contribution in [0, 0.1) is 20.8 Å². The molecule has 13 aromatic rings. The van der Waals surface area contributed by atoms with E-state index in [1.807, 2.05) is 0 Å². The second-order valence-electron chi connectivity index (χ2n) is 25.9. The van der Waals surface area contributed by atoms with Gasteiger partial charge < -0.3 is 24.0 Å². The second kappa shape index (κ2) is 20.2. The van der Waals surface area contributed by atoms with Crippen LogP contribution in [0.3, 0.4) is 0 Å². The fourth-order valence-electron chi connectivity index (χ4n) is 14.9. The van der Waals surface area contributed by atoms with Gasteiger partial charge in [0.2, 0.25) is 0 Å². The lowest BCUT2D eigenvalue weighted by Gasteiger charge is -2.41. The molecule has 12 aromatic carbocycles. The zero-order valence-electron chi connectivity index (χ0n) is 51.1. The Balaban J connectivity index is 0.769. The molecule has 0 saturated carbocycles. The van der Waals surface area contributed by atoms with Crippen molar-refractivity contribution in [2.75, 3.05) is 14.7 Å². The van der Waals surface area contributed by atoms with E-state index < -0.39 is 0 Å². The molecule has 0 bridgehead atoms. The molecular weight excluding hydrogens is 1070 g/mol. The minimum Gasteiger partial charge on any atom is -0.458 e. The summed E-state index contributed by atoms with van der Waals surface area (Å²) in [6.07, 6.45) is 0. The van der Waals surface area contributed by atoms with E-state index in [1.54, 1.807) is 0 Å². The number of fused-ring (bicyclic) bond motifs is 10. The van der Waals surface area contributed by atoms with Gasteiger partial charge in [0.05, 0.1) is 11.0 Å². The van der Waals surface area contributed by atoms with Crippen LogP contribution in [0.2, 0.25) is 0 Å². The molecule has 0 radical (unpaired) electrons. The molecule has 5 nitrogen and oxygen atoms in total. The molecule has 0 spiro atoms. The van der Waals surface area contributed by atoms with Crippen LogP contribution in [0.25, 0.3) is 49.7 Å². The number of hydrogen-bond donors (Lipinski definition) is 0. The number of nitrogens with zero attached hydrogens (tertiary/aromatic N) is 4. The highest BCUT2D eigenvalue weighted by atomic mass is 16.5. The van der Waals surface area contributed by atoms with Gasteiger partial charge in [0.25, 0.3) is 6.71 Å². The van der Waals surface area contributed by atoms with Crippen LogP contribution < -0.4 is 35.8 Å². The standard InChI is InChI=1S/C82H67BN4O/c1-52-43-76-80-78(44-52)88-77-50-67-65-40-38-63(85(59-27-17-11-18-28-59)60-29-19-12-20-30-60)49-69(65)82(7,8)70(67)51-72(77)83(80)71-41-35-56(81(4,5)6)47-75(71)86(76)61-36-33-55(34-37-61)79-53(2)45-64(46-54(79)3)87-73-32-22-21-31-66(73)68-48-62(39-42-74(68)87)84(57-23-13-9-14-24-57)58-25-15-10-16-26-58/h9-51H,1-8H3. The van der Waals surface area contributed by atoms with Crippen LogP contribution >= 0.6 is 0 Å². The number of rotatable bonds is 9. The molecule has 0 amide bonds. The smallest absolute Gasteiger partial charge is 0.256 e. The van der Waals surface area contributed by atoms with Crippen LogP contribution in [0.15, 0.2) is 261 Å². The first kappa shape index (κ1) is 53.2. The number of aryl methyl sites for hydroxylation is 3. The van der Waals surface area contributed by atoms with Gasteiger partial charge in [-0.15, -0.1) is 0 Å². The van der Waals surface area contributed by atoms with Crippen LogP contribution in [-0.2, 0) is 10.8 Å². The zero-order valence-corrected chi connectivity index (χ0v) is 51.1. The van der Waals surface area contributed by atoms with Crippen molar-refractivity contribution in [3.63, 3.8) is 0 Å². The Kier molecular flexibility index (Phi) is 12.2. The summed E-state index contributed by atoms with van der Waals surface area (Å²) in [5.74, 6) is 1.85. The molecule has 1 aromatic heterocycles. The molecule has 16 rings (SSSR count). The van der Waals surface area contributed by atoms with Gasteiger partial charge in [0, 0.05) is 73.1 Å². The quantitative estimate of drug-likeness (QED) is 0.134. The van der Waals surface area contributed by atoms with Gasteiger partial charge in [-0.3, -0.25) is 0 Å². The summed E-state index contributed by atoms with van der Waals surface area (Å²) >= 11 is 0. The van der Waals surface area contributed by atoms with Gasteiger partial charge in [-0.25, -0.2) is 0 Å². The highest BCUT2D eigenvalue weighted by Crippen LogP contribution is 2.53. The molecular formula is C82H67BN4O. The molecule has 3 heterocycles. The molecule has 3 aliphatic rings. The highest BCUT2D eigenvalue weighted by molar-refractivity contribution is 6.99. The van der Waals surface area contributed by atoms with Gasteiger partial charge in [-0.05, 0) is 232 Å². The molecule has 0 unspecified atom stereocenters. The lowest BCUT2D eigenvalue weighted by atomic mass is 9.34. The van der Waals surface area contributed by atoms with E-state index in [1.165, 1.54) is 94.0 Å². The van der Waals surface area contributed by atoms with Crippen molar-refractivity contribution in [1.29, 1.82) is 0 Å². The Morgan fingerprint density at radius 1 is 0.420 bits per heavy atom. The predicted octanol–water partition coefficient (Wildman–Crippen LogP) is 20.3. The summed E-state index contributed by atoms with van der Waals surface area (Å²) in [5.41, 5.74) is 29.6. The number of anilines is 9. The van der Waals surface area contributed by atoms with Gasteiger partial charge in [-0.2, -0.15) is 0 Å². The summed E-state index contributed by atoms with van der Waals surface area (Å²) in [7, 11) is 0. The Labute approximate surface area is 517 Å². The first-order chi connectivity index (χ1) is 42.8. The van der Waals surface area contributed by atoms with Gasteiger partial charge >= 0.3 is 0 Å². The maximum Gasteiger partial charge on any atom is 0.256 e. The summed E-state index contributed by atoms with van der Waals surface area (Å²) in [4.78, 5) is 7.23. The van der Waals surface area contributed by atoms with Crippen LogP contribution in [0.1, 0.15) is 68.0 Å². The van der Waals surface area contributed by atoms with Crippen molar-refractivity contribution >= 4 is 96.1 Å². The van der Waals surface area contributed by atoms with Crippen molar-refractivity contribution in [3.05, 3.63) is 294 Å². The minimum atomic E-state index is -0.284. The molecule has 0 atom stereocenters. The van der Waals surface area contributed by atoms with Crippen molar-refractivity contribution < 1.29 is 4.74 Å². The first-order valence-corrected chi connectivity index (χ1v) is 30.9. The third kappa shape index (κ3) is 8.44. The maximum atomic E-state index is 7.26. The largest absolute Gasteiger partial charge is 0.458 e. The summed E-state index contributed by atoms with van der Waals surface area (Å²) < 4.78 is 9.71. The lowest BCUT2D eigenvalue weighted by molar-refractivity contribution is 0.487. The SMILES string of the molecule is Cc1cc2c3c(c1)N(c1ccc(-c4c(C)cc(-n5c6ccccc6c6cc(N(c7ccccc7)c7ccccc7)ccc65)cc4C)cc1)c1cc(C(C)(C)C)ccc1B3c1cc3c(cc1O2)-c1ccc(N(c2ccccc2)c2ccccc2)cc1C3(C)C. The highest BCUT2D eigenvalue weighted by Gasteiger charge is 2.45. The molecule has 1 aliphatic carbocycles. The Morgan fingerprint density at radius 3 is 1.59 bits per heavy atom. The third-order valence-corrected chi connectivity index (χ3v) is 19.0. The van der Waals surface area contributed by atoms with E-state index in [2.05, 4.69) is 336 Å². The number of hydrogen-bond acceptors (Lipinski definition) is 4. The molecule has 88 heavy (non-hydrogen) atoms. The third-order valence-electron chi connectivity index (χ3n) is 19.0. The number of aromatic nitrogens is 1. The van der Waals surface area contributed by atoms with E-state index >= 15 is 0 Å². The van der Waals surface area contributed by atoms with E-state index in [-0.39, 0.29) is 17.5 Å². The van der Waals surface area contributed by atoms with Gasteiger partial charge in [-0.1, -0.05) is 162 Å². The van der Waals surface area contributed by atoms with Crippen molar-refractivity contribution in [2.45, 2.75) is 66.2 Å². The Morgan fingerprint density at radius 2 is 0.977 bits per heavy atom. The van der Waals surface area contributed by atoms with E-state index in [0.29, 0.717) is 0 Å². The number of benzene rings is 12. The van der Waals surface area contributed by atoms with E-state index in [9.17, 15) is 0 Å². The predicted molar refractivity (Wildman–Crippen MR) is 372 cm³/mol. The summed E-state index contributed by atoms with van der Waals surface area (Å²) in [5, 5.41) is 2.44. The molecule has 424 valence electrons. The van der Waals surface area contributed by atoms with Crippen molar-refractivity contribution in [3.8, 4) is 39.4 Å². The fraction of sp³-hybridized carbons (Fsp3) is 0.122. The zero-order chi connectivity index (χ0) is 59.7. The van der Waals surface area contributed by atoms with Crippen LogP contribution in [0.4, 0.5) is 51.2 Å². The average molecular weight is 1140 g/mol. The fourth-order valence-corrected chi connectivity index (χ4v) is 14.9. The second-order valence-corrected chi connectivity index (χ2v) is 25.9. The maximum absolute atomic E-state index is 7.26. The monoisotopic (exact) mass is 1130 g/mol. The summed E-state index contributed by atoms with van der Waals surface area (Å²) in [6.45, 7) is 18.5. The van der Waals surface area contributed by atoms with Crippen LogP contribution in [0.5, 0.6) is 11.5 Å². The first-order valence-electron chi connectivity index (χ1n) is 30.9. The van der Waals surface area contributed by atoms with Gasteiger partial charge in [0.15, 0.2) is 0 Å². The molecule has 6 heteroatoms. The molecule has 0 saturated heterocycles. The molecule has 0 N–H and O–H groups in total. The van der Waals surface area contributed by atoms with Crippen molar-refractivity contribution in [1.82, 2.24) is 4.57 Å². The Hall–Kier alpha value is -10.3. The summed E-state index contributed by atoms with van der Waals surface area (Å²) in [6, 6.07) is 96.4.